The van der Waals surface area contributed by atoms with Gasteiger partial charge >= 0.3 is 0 Å². The van der Waals surface area contributed by atoms with Crippen molar-refractivity contribution in [2.24, 2.45) is 0 Å². The molecule has 0 saturated heterocycles. The number of anilines is 2. The van der Waals surface area contributed by atoms with Crippen LogP contribution >= 0.6 is 0 Å². The van der Waals surface area contributed by atoms with E-state index in [1.54, 1.807) is 0 Å². The molecule has 6 aliphatic heterocycles. The molecule has 0 aromatic heterocycles. The summed E-state index contributed by atoms with van der Waals surface area (Å²) in [5, 5.41) is 7.51. The molecule has 0 spiro atoms. The van der Waals surface area contributed by atoms with Gasteiger partial charge in [-0.05, 0) is 66.0 Å². The van der Waals surface area contributed by atoms with E-state index < -0.39 is 0 Å². The molecule has 3 aromatic rings. The lowest BCUT2D eigenvalue weighted by molar-refractivity contribution is 0.455. The highest BCUT2D eigenvalue weighted by Gasteiger charge is 2.23. The Morgan fingerprint density at radius 1 is 0.816 bits per heavy atom. The Bertz CT molecular complexity index is 1510. The van der Waals surface area contributed by atoms with Crippen LogP contribution in [0.15, 0.2) is 133 Å². The van der Waals surface area contributed by atoms with Crippen LogP contribution in [0, 0.1) is 0 Å². The van der Waals surface area contributed by atoms with Crippen molar-refractivity contribution in [1.29, 1.82) is 0 Å². The second kappa shape index (κ2) is 9.79. The van der Waals surface area contributed by atoms with E-state index in [1.807, 2.05) is 0 Å². The molecule has 188 valence electrons. The fraction of sp³-hybridized carbons (Fsp3) is 0.176. The lowest BCUT2D eigenvalue weighted by Crippen LogP contribution is -2.26. The predicted molar refractivity (Wildman–Crippen MR) is 156 cm³/mol. The Morgan fingerprint density at radius 2 is 1.71 bits per heavy atom. The van der Waals surface area contributed by atoms with E-state index in [0.29, 0.717) is 0 Å². The average Bonchev–Trinajstić information content (AvgIpc) is 2.97. The molecule has 1 unspecified atom stereocenters. The van der Waals surface area contributed by atoms with Gasteiger partial charge in [-0.15, -0.1) is 0 Å². The molecule has 4 nitrogen and oxygen atoms in total. The van der Waals surface area contributed by atoms with Crippen molar-refractivity contribution in [3.63, 3.8) is 0 Å². The van der Waals surface area contributed by atoms with Crippen LogP contribution in [0.2, 0.25) is 0 Å². The molecule has 7 aliphatic rings. The number of benzene rings is 3. The topological polar surface area (TPSA) is 30.5 Å². The number of para-hydroxylation sites is 1. The van der Waals surface area contributed by atoms with Gasteiger partial charge in [-0.3, -0.25) is 0 Å². The number of nitrogens with zero attached hydrogens (tertiary/aromatic N) is 2. The van der Waals surface area contributed by atoms with E-state index in [2.05, 4.69) is 136 Å². The monoisotopic (exact) mass is 496 g/mol. The molecule has 2 N–H and O–H groups in total. The van der Waals surface area contributed by atoms with Gasteiger partial charge in [0, 0.05) is 65.9 Å². The summed E-state index contributed by atoms with van der Waals surface area (Å²) in [7, 11) is 0. The van der Waals surface area contributed by atoms with Gasteiger partial charge in [-0.1, -0.05) is 66.7 Å². The number of fused-ring (bicyclic) bond motifs is 1. The first-order chi connectivity index (χ1) is 18.8. The fourth-order valence-corrected chi connectivity index (χ4v) is 5.83. The Hall–Kier alpha value is -4.44. The highest BCUT2D eigenvalue weighted by molar-refractivity contribution is 5.63. The van der Waals surface area contributed by atoms with Crippen molar-refractivity contribution < 1.29 is 0 Å². The number of rotatable bonds is 0. The normalized spacial score (nSPS) is 19.9. The van der Waals surface area contributed by atoms with E-state index in [9.17, 15) is 0 Å². The van der Waals surface area contributed by atoms with Gasteiger partial charge in [0.2, 0.25) is 0 Å². The Labute approximate surface area is 225 Å². The van der Waals surface area contributed by atoms with Crippen LogP contribution in [0.4, 0.5) is 11.4 Å². The van der Waals surface area contributed by atoms with Gasteiger partial charge in [0.05, 0.1) is 6.04 Å². The van der Waals surface area contributed by atoms with Crippen molar-refractivity contribution in [2.45, 2.75) is 32.0 Å². The zero-order chi connectivity index (χ0) is 25.3. The van der Waals surface area contributed by atoms with Gasteiger partial charge < -0.3 is 20.4 Å². The highest BCUT2D eigenvalue weighted by atomic mass is 15.1. The average molecular weight is 497 g/mol. The van der Waals surface area contributed by atoms with Gasteiger partial charge in [-0.25, -0.2) is 0 Å². The molecule has 10 rings (SSSR count). The zero-order valence-corrected chi connectivity index (χ0v) is 21.5. The predicted octanol–water partition coefficient (Wildman–Crippen LogP) is 6.95. The molecule has 1 aliphatic carbocycles. The number of hydrogen-bond acceptors (Lipinski definition) is 4. The van der Waals surface area contributed by atoms with Gasteiger partial charge in [-0.2, -0.15) is 0 Å². The summed E-state index contributed by atoms with van der Waals surface area (Å²) in [6.07, 6.45) is 17.6. The molecule has 0 amide bonds. The zero-order valence-electron chi connectivity index (χ0n) is 21.5. The number of allylic oxidation sites excluding steroid dienone is 5. The minimum absolute atomic E-state index is 0.135. The van der Waals surface area contributed by atoms with Crippen molar-refractivity contribution in [2.75, 3.05) is 16.8 Å². The summed E-state index contributed by atoms with van der Waals surface area (Å²) in [6, 6.07) is 26.8. The molecule has 1 atom stereocenters. The standard InChI is InChI=1S/C34H32N4/c1-4-11-34-29(8-1)31-17-21-38(34)24-27-6-5-7-28(22-27)36-32-18-20-37(33-10-3-2-9-30(32)33)19-16-25-12-14-26(15-13-25)23-35-31/h1-7,9-15,17-18,20-22,32,35-36H,8,16,19,23-24H2. The Morgan fingerprint density at radius 3 is 2.66 bits per heavy atom. The second-order valence-electron chi connectivity index (χ2n) is 10.4. The highest BCUT2D eigenvalue weighted by Crippen LogP contribution is 2.35. The van der Waals surface area contributed by atoms with Crippen LogP contribution in [0.1, 0.15) is 34.7 Å². The van der Waals surface area contributed by atoms with E-state index in [0.717, 1.165) is 38.2 Å². The van der Waals surface area contributed by atoms with Gasteiger partial charge in [0.15, 0.2) is 0 Å². The molecule has 0 saturated carbocycles. The minimum atomic E-state index is 0.135. The molecule has 4 heteroatoms. The third-order valence-corrected chi connectivity index (χ3v) is 7.87. The first kappa shape index (κ1) is 22.7. The summed E-state index contributed by atoms with van der Waals surface area (Å²) < 4.78 is 0. The molecular formula is C34H32N4. The number of hydrogen-bond donors (Lipinski definition) is 2. The third-order valence-electron chi connectivity index (χ3n) is 7.87. The Balaban J connectivity index is 1.26. The summed E-state index contributed by atoms with van der Waals surface area (Å²) in [5.41, 5.74) is 11.5. The molecule has 38 heavy (non-hydrogen) atoms. The van der Waals surface area contributed by atoms with Crippen molar-refractivity contribution in [1.82, 2.24) is 10.2 Å². The molecular weight excluding hydrogens is 464 g/mol. The summed E-state index contributed by atoms with van der Waals surface area (Å²) in [4.78, 5) is 4.75. The van der Waals surface area contributed by atoms with Crippen LogP contribution < -0.4 is 15.5 Å². The van der Waals surface area contributed by atoms with Gasteiger partial charge in [0.25, 0.3) is 0 Å². The van der Waals surface area contributed by atoms with Crippen molar-refractivity contribution in [3.8, 4) is 0 Å². The lowest BCUT2D eigenvalue weighted by Gasteiger charge is -2.32. The second-order valence-corrected chi connectivity index (χ2v) is 10.4. The number of nitrogens with one attached hydrogen (secondary N) is 2. The largest absolute Gasteiger partial charge is 0.381 e. The Kier molecular flexibility index (Phi) is 5.86. The molecule has 0 fully saturated rings. The van der Waals surface area contributed by atoms with Crippen LogP contribution in [0.25, 0.3) is 0 Å². The quantitative estimate of drug-likeness (QED) is 0.353. The van der Waals surface area contributed by atoms with Crippen molar-refractivity contribution in [3.05, 3.63) is 155 Å². The minimum Gasteiger partial charge on any atom is -0.381 e. The van der Waals surface area contributed by atoms with E-state index in [1.165, 1.54) is 44.9 Å². The SMILES string of the molecule is C1=CCC2=C3C=CN(Cc4cccc(c4)NC4C=CN(CCc5ccc(cc5)CN3)c3ccccc34)C2=C1. The third kappa shape index (κ3) is 4.43. The smallest absolute Gasteiger partial charge is 0.0735 e. The maximum absolute atomic E-state index is 3.79. The summed E-state index contributed by atoms with van der Waals surface area (Å²) >= 11 is 0. The molecule has 3 aromatic carbocycles. The fourth-order valence-electron chi connectivity index (χ4n) is 5.83. The van der Waals surface area contributed by atoms with Crippen LogP contribution in [-0.2, 0) is 19.5 Å². The van der Waals surface area contributed by atoms with Crippen molar-refractivity contribution >= 4 is 11.4 Å². The first-order valence-electron chi connectivity index (χ1n) is 13.6. The van der Waals surface area contributed by atoms with Crippen LogP contribution in [0.3, 0.4) is 0 Å². The van der Waals surface area contributed by atoms with E-state index >= 15 is 0 Å². The molecule has 8 bridgehead atoms. The van der Waals surface area contributed by atoms with Crippen LogP contribution in [-0.4, -0.2) is 11.4 Å². The molecule has 6 heterocycles. The summed E-state index contributed by atoms with van der Waals surface area (Å²) in [6.45, 7) is 2.60. The maximum Gasteiger partial charge on any atom is 0.0735 e. The molecule has 0 radical (unpaired) electrons. The lowest BCUT2D eigenvalue weighted by atomic mass is 9.97. The van der Waals surface area contributed by atoms with Gasteiger partial charge in [0.1, 0.15) is 0 Å². The first-order valence-corrected chi connectivity index (χ1v) is 13.6. The van der Waals surface area contributed by atoms with E-state index in [-0.39, 0.29) is 6.04 Å². The van der Waals surface area contributed by atoms with E-state index in [4.69, 9.17) is 0 Å². The van der Waals surface area contributed by atoms with Crippen LogP contribution in [0.5, 0.6) is 0 Å². The maximum atomic E-state index is 3.79. The summed E-state index contributed by atoms with van der Waals surface area (Å²) in [5.74, 6) is 0.